The normalized spacial score (nSPS) is 11.6. The highest BCUT2D eigenvalue weighted by Crippen LogP contribution is 2.34. The third-order valence-corrected chi connectivity index (χ3v) is 5.05. The zero-order valence-electron chi connectivity index (χ0n) is 16.5. The Kier molecular flexibility index (Phi) is 5.11. The van der Waals surface area contributed by atoms with Crippen LogP contribution in [0, 0.1) is 6.92 Å². The van der Waals surface area contributed by atoms with E-state index in [1.54, 1.807) is 6.20 Å². The van der Waals surface area contributed by atoms with Crippen molar-refractivity contribution in [3.63, 3.8) is 0 Å². The number of alkyl halides is 3. The predicted molar refractivity (Wildman–Crippen MR) is 112 cm³/mol. The number of rotatable bonds is 4. The fourth-order valence-corrected chi connectivity index (χ4v) is 3.51. The number of aryl methyl sites for hydroxylation is 1. The second-order valence-electron chi connectivity index (χ2n) is 6.92. The Hall–Kier alpha value is -3.48. The molecule has 0 bridgehead atoms. The first-order valence-electron chi connectivity index (χ1n) is 9.51. The van der Waals surface area contributed by atoms with Gasteiger partial charge in [0.05, 0.1) is 16.8 Å². The Balaban J connectivity index is 1.73. The number of benzene rings is 2. The summed E-state index contributed by atoms with van der Waals surface area (Å²) in [6.07, 6.45) is -0.349. The van der Waals surface area contributed by atoms with Crippen molar-refractivity contribution in [3.05, 3.63) is 77.7 Å². The largest absolute Gasteiger partial charge is 0.416 e. The van der Waals surface area contributed by atoms with Crippen LogP contribution in [0.15, 0.2) is 61.1 Å². The van der Waals surface area contributed by atoms with Crippen molar-refractivity contribution in [2.75, 3.05) is 5.32 Å². The molecule has 7 heteroatoms. The van der Waals surface area contributed by atoms with Gasteiger partial charge >= 0.3 is 6.18 Å². The van der Waals surface area contributed by atoms with Crippen molar-refractivity contribution < 1.29 is 13.2 Å². The van der Waals surface area contributed by atoms with E-state index in [1.807, 2.05) is 31.2 Å². The van der Waals surface area contributed by atoms with Gasteiger partial charge in [0, 0.05) is 28.4 Å². The van der Waals surface area contributed by atoms with Crippen molar-refractivity contribution in [1.29, 1.82) is 0 Å². The van der Waals surface area contributed by atoms with E-state index < -0.39 is 11.7 Å². The summed E-state index contributed by atoms with van der Waals surface area (Å²) in [6, 6.07) is 12.8. The molecule has 0 spiro atoms. The van der Waals surface area contributed by atoms with Crippen LogP contribution in [0.1, 0.15) is 23.6 Å². The van der Waals surface area contributed by atoms with E-state index in [1.165, 1.54) is 18.5 Å². The maximum absolute atomic E-state index is 12.8. The van der Waals surface area contributed by atoms with Crippen molar-refractivity contribution >= 4 is 22.4 Å². The maximum Gasteiger partial charge on any atom is 0.416 e. The molecule has 4 aromatic rings. The average Bonchev–Trinajstić information content (AvgIpc) is 2.74. The second kappa shape index (κ2) is 7.74. The second-order valence-corrected chi connectivity index (χ2v) is 6.92. The van der Waals surface area contributed by atoms with E-state index in [2.05, 4.69) is 27.2 Å². The molecule has 4 rings (SSSR count). The summed E-state index contributed by atoms with van der Waals surface area (Å²) in [5, 5.41) is 4.16. The number of aromatic nitrogens is 3. The van der Waals surface area contributed by atoms with Crippen molar-refractivity contribution in [1.82, 2.24) is 15.0 Å². The van der Waals surface area contributed by atoms with Crippen LogP contribution >= 0.6 is 0 Å². The molecule has 2 heterocycles. The Labute approximate surface area is 171 Å². The zero-order chi connectivity index (χ0) is 21.3. The molecule has 2 aromatic carbocycles. The molecule has 30 heavy (non-hydrogen) atoms. The summed E-state index contributed by atoms with van der Waals surface area (Å²) in [5.41, 5.74) is 4.41. The molecule has 0 amide bonds. The molecule has 0 saturated heterocycles. The van der Waals surface area contributed by atoms with E-state index in [9.17, 15) is 13.2 Å². The number of hydrogen-bond acceptors (Lipinski definition) is 4. The standard InChI is InChI=1S/C23H19F3N4/c1-3-18-19(11-6-15-5-4-12-27-21(15)18)20-14(2)22(29-13-28-20)30-17-9-7-16(8-10-17)23(24,25)26/h4-13H,3H2,1-2H3,(H,28,29,30). The number of pyridine rings is 1. The van der Waals surface area contributed by atoms with Gasteiger partial charge in [-0.2, -0.15) is 13.2 Å². The van der Waals surface area contributed by atoms with Crippen LogP contribution in [-0.4, -0.2) is 15.0 Å². The fourth-order valence-electron chi connectivity index (χ4n) is 3.51. The molecule has 1 N–H and O–H groups in total. The minimum atomic E-state index is -4.36. The number of hydrogen-bond donors (Lipinski definition) is 1. The Morgan fingerprint density at radius 3 is 2.40 bits per heavy atom. The molecule has 0 radical (unpaired) electrons. The van der Waals surface area contributed by atoms with Crippen molar-refractivity contribution in [2.45, 2.75) is 26.4 Å². The smallest absolute Gasteiger partial charge is 0.340 e. The van der Waals surface area contributed by atoms with Gasteiger partial charge in [-0.15, -0.1) is 0 Å². The highest BCUT2D eigenvalue weighted by Gasteiger charge is 2.30. The van der Waals surface area contributed by atoms with Crippen molar-refractivity contribution in [2.24, 2.45) is 0 Å². The molecule has 0 saturated carbocycles. The molecule has 2 aromatic heterocycles. The summed E-state index contributed by atoms with van der Waals surface area (Å²) >= 11 is 0. The Morgan fingerprint density at radius 2 is 1.70 bits per heavy atom. The van der Waals surface area contributed by atoms with E-state index in [-0.39, 0.29) is 0 Å². The monoisotopic (exact) mass is 408 g/mol. The third-order valence-electron chi connectivity index (χ3n) is 5.05. The first-order valence-corrected chi connectivity index (χ1v) is 9.51. The van der Waals surface area contributed by atoms with Gasteiger partial charge in [0.1, 0.15) is 12.1 Å². The number of nitrogens with one attached hydrogen (secondary N) is 1. The third kappa shape index (κ3) is 3.70. The van der Waals surface area contributed by atoms with Crippen LogP contribution in [-0.2, 0) is 12.6 Å². The molecule has 4 nitrogen and oxygen atoms in total. The van der Waals surface area contributed by atoms with Crippen LogP contribution in [0.4, 0.5) is 24.7 Å². The van der Waals surface area contributed by atoms with Crippen LogP contribution in [0.5, 0.6) is 0 Å². The van der Waals surface area contributed by atoms with Gasteiger partial charge in [-0.25, -0.2) is 9.97 Å². The van der Waals surface area contributed by atoms with Crippen LogP contribution in [0.25, 0.3) is 22.2 Å². The van der Waals surface area contributed by atoms with Gasteiger partial charge in [0.2, 0.25) is 0 Å². The first-order chi connectivity index (χ1) is 14.4. The number of fused-ring (bicyclic) bond motifs is 1. The summed E-state index contributed by atoms with van der Waals surface area (Å²) < 4.78 is 38.4. The molecule has 0 atom stereocenters. The SMILES string of the molecule is CCc1c(-c2ncnc(Nc3ccc(C(F)(F)F)cc3)c2C)ccc2cccnc12. The molecule has 0 aliphatic rings. The lowest BCUT2D eigenvalue weighted by Gasteiger charge is -2.15. The fraction of sp³-hybridized carbons (Fsp3) is 0.174. The van der Waals surface area contributed by atoms with E-state index in [0.717, 1.165) is 51.8 Å². The highest BCUT2D eigenvalue weighted by molar-refractivity contribution is 5.89. The first kappa shape index (κ1) is 19.8. The van der Waals surface area contributed by atoms with Crippen LogP contribution in [0.2, 0.25) is 0 Å². The maximum atomic E-state index is 12.8. The van der Waals surface area contributed by atoms with E-state index in [4.69, 9.17) is 0 Å². The molecule has 0 unspecified atom stereocenters. The van der Waals surface area contributed by atoms with E-state index in [0.29, 0.717) is 11.5 Å². The van der Waals surface area contributed by atoms with Crippen LogP contribution < -0.4 is 5.32 Å². The predicted octanol–water partition coefficient (Wildman–Crippen LogP) is 6.33. The minimum absolute atomic E-state index is 0.520. The Bertz CT molecular complexity index is 1200. The van der Waals surface area contributed by atoms with Gasteiger partial charge in [-0.3, -0.25) is 4.98 Å². The molecular weight excluding hydrogens is 389 g/mol. The van der Waals surface area contributed by atoms with Gasteiger partial charge in [-0.05, 0) is 49.2 Å². The zero-order valence-corrected chi connectivity index (χ0v) is 16.5. The van der Waals surface area contributed by atoms with Crippen LogP contribution in [0.3, 0.4) is 0 Å². The van der Waals surface area contributed by atoms with Crippen molar-refractivity contribution in [3.8, 4) is 11.3 Å². The lowest BCUT2D eigenvalue weighted by Crippen LogP contribution is -2.05. The minimum Gasteiger partial charge on any atom is -0.340 e. The lowest BCUT2D eigenvalue weighted by molar-refractivity contribution is -0.137. The lowest BCUT2D eigenvalue weighted by atomic mass is 9.96. The molecular formula is C23H19F3N4. The summed E-state index contributed by atoms with van der Waals surface area (Å²) in [4.78, 5) is 13.3. The summed E-state index contributed by atoms with van der Waals surface area (Å²) in [6.45, 7) is 3.97. The molecule has 152 valence electrons. The van der Waals surface area contributed by atoms with E-state index >= 15 is 0 Å². The number of nitrogens with zero attached hydrogens (tertiary/aromatic N) is 3. The number of anilines is 2. The summed E-state index contributed by atoms with van der Waals surface area (Å²) in [5.74, 6) is 0.544. The Morgan fingerprint density at radius 1 is 0.933 bits per heavy atom. The molecule has 0 fully saturated rings. The van der Waals surface area contributed by atoms with Gasteiger partial charge in [0.15, 0.2) is 0 Å². The highest BCUT2D eigenvalue weighted by atomic mass is 19.4. The summed E-state index contributed by atoms with van der Waals surface area (Å²) in [7, 11) is 0. The van der Waals surface area contributed by atoms with Gasteiger partial charge < -0.3 is 5.32 Å². The quantitative estimate of drug-likeness (QED) is 0.429. The van der Waals surface area contributed by atoms with Gasteiger partial charge in [-0.1, -0.05) is 25.1 Å². The number of halogens is 3. The molecule has 0 aliphatic carbocycles. The topological polar surface area (TPSA) is 50.7 Å². The molecule has 0 aliphatic heterocycles. The van der Waals surface area contributed by atoms with Gasteiger partial charge in [0.25, 0.3) is 0 Å². The average molecular weight is 408 g/mol.